The fourth-order valence-corrected chi connectivity index (χ4v) is 6.18. The maximum absolute atomic E-state index is 6.39. The quantitative estimate of drug-likeness (QED) is 0.211. The van der Waals surface area contributed by atoms with Gasteiger partial charge in [-0.15, -0.1) is 0 Å². The van der Waals surface area contributed by atoms with Crippen LogP contribution in [0.15, 0.2) is 136 Å². The molecule has 3 heterocycles. The number of hydrogen-bond acceptors (Lipinski definition) is 6. The van der Waals surface area contributed by atoms with Crippen molar-refractivity contribution in [2.45, 2.75) is 12.3 Å². The summed E-state index contributed by atoms with van der Waals surface area (Å²) >= 11 is 0. The summed E-state index contributed by atoms with van der Waals surface area (Å²) in [4.78, 5) is 19.9. The molecule has 0 radical (unpaired) electrons. The van der Waals surface area contributed by atoms with Crippen molar-refractivity contribution in [3.05, 3.63) is 144 Å². The maximum atomic E-state index is 6.39. The van der Waals surface area contributed by atoms with Crippen LogP contribution in [-0.4, -0.2) is 19.9 Å². The summed E-state index contributed by atoms with van der Waals surface area (Å²) < 4.78 is 12.7. The van der Waals surface area contributed by atoms with Gasteiger partial charge in [0.1, 0.15) is 11.2 Å². The molecule has 0 spiro atoms. The van der Waals surface area contributed by atoms with Gasteiger partial charge in [-0.3, -0.25) is 0 Å². The summed E-state index contributed by atoms with van der Waals surface area (Å²) in [6.07, 6.45) is 9.09. The van der Waals surface area contributed by atoms with Crippen molar-refractivity contribution >= 4 is 33.6 Å². The van der Waals surface area contributed by atoms with Crippen molar-refractivity contribution in [3.63, 3.8) is 0 Å². The number of para-hydroxylation sites is 2. The highest BCUT2D eigenvalue weighted by Crippen LogP contribution is 2.44. The molecule has 1 unspecified atom stereocenters. The van der Waals surface area contributed by atoms with Gasteiger partial charge in [0.2, 0.25) is 5.89 Å². The third-order valence-corrected chi connectivity index (χ3v) is 8.36. The lowest BCUT2D eigenvalue weighted by Gasteiger charge is -2.24. The van der Waals surface area contributed by atoms with Gasteiger partial charge in [0.05, 0.1) is 11.3 Å². The predicted molar refractivity (Wildman–Crippen MR) is 172 cm³/mol. The van der Waals surface area contributed by atoms with Crippen LogP contribution in [0.25, 0.3) is 67.8 Å². The van der Waals surface area contributed by atoms with Crippen LogP contribution in [0.5, 0.6) is 0 Å². The molecule has 7 aromatic rings. The molecule has 0 bridgehead atoms. The van der Waals surface area contributed by atoms with E-state index in [9.17, 15) is 0 Å². The van der Waals surface area contributed by atoms with Gasteiger partial charge >= 0.3 is 0 Å². The van der Waals surface area contributed by atoms with Gasteiger partial charge in [-0.25, -0.2) is 19.9 Å². The third kappa shape index (κ3) is 4.03. The third-order valence-electron chi connectivity index (χ3n) is 8.36. The van der Waals surface area contributed by atoms with Crippen molar-refractivity contribution in [3.8, 4) is 34.2 Å². The second-order valence-corrected chi connectivity index (χ2v) is 11.0. The van der Waals surface area contributed by atoms with Gasteiger partial charge in [-0.2, -0.15) is 0 Å². The highest BCUT2D eigenvalue weighted by Gasteiger charge is 2.31. The standard InChI is InChI=1S/C38H24N4O2/c1-3-10-24(11-4-1)35-40-36(25-12-5-2-6-13-25)42-37(41-35)26-19-18-23-20-21-32-33(30(23)22-26)39-38(44-32)29-16-9-15-28-27-14-7-8-17-31(27)43-34(28)29/h1-21,30H,22H2. The first-order valence-electron chi connectivity index (χ1n) is 14.7. The number of rotatable bonds is 4. The molecule has 0 aliphatic heterocycles. The van der Waals surface area contributed by atoms with Crippen molar-refractivity contribution in [1.29, 1.82) is 0 Å². The molecule has 0 saturated heterocycles. The average Bonchev–Trinajstić information content (AvgIpc) is 3.71. The Morgan fingerprint density at radius 2 is 1.25 bits per heavy atom. The van der Waals surface area contributed by atoms with E-state index in [2.05, 4.69) is 30.4 Å². The molecule has 6 nitrogen and oxygen atoms in total. The van der Waals surface area contributed by atoms with E-state index in [1.807, 2.05) is 97.1 Å². The molecular weight excluding hydrogens is 544 g/mol. The molecule has 4 aromatic carbocycles. The van der Waals surface area contributed by atoms with Gasteiger partial charge in [0.15, 0.2) is 23.2 Å². The van der Waals surface area contributed by atoms with Crippen LogP contribution in [0.3, 0.4) is 0 Å². The summed E-state index contributed by atoms with van der Waals surface area (Å²) in [5, 5.41) is 2.13. The van der Waals surface area contributed by atoms with Crippen molar-refractivity contribution in [2.75, 3.05) is 0 Å². The minimum atomic E-state index is 0.0134. The highest BCUT2D eigenvalue weighted by molar-refractivity contribution is 6.08. The number of fused-ring (bicyclic) bond motifs is 6. The Morgan fingerprint density at radius 3 is 2.02 bits per heavy atom. The monoisotopic (exact) mass is 568 g/mol. The minimum Gasteiger partial charge on any atom is -0.455 e. The maximum Gasteiger partial charge on any atom is 0.230 e. The van der Waals surface area contributed by atoms with E-state index in [4.69, 9.17) is 28.8 Å². The Hall–Kier alpha value is -5.88. The van der Waals surface area contributed by atoms with Crippen LogP contribution in [0, 0.1) is 0 Å². The van der Waals surface area contributed by atoms with Gasteiger partial charge in [-0.05, 0) is 35.8 Å². The smallest absolute Gasteiger partial charge is 0.230 e. The van der Waals surface area contributed by atoms with Gasteiger partial charge in [-0.1, -0.05) is 109 Å². The number of nitrogens with zero attached hydrogens (tertiary/aromatic N) is 4. The summed E-state index contributed by atoms with van der Waals surface area (Å²) in [5.74, 6) is 3.30. The van der Waals surface area contributed by atoms with Crippen molar-refractivity contribution in [1.82, 2.24) is 19.9 Å². The molecule has 9 rings (SSSR count). The normalized spacial score (nSPS) is 15.6. The first-order valence-corrected chi connectivity index (χ1v) is 14.7. The summed E-state index contributed by atoms with van der Waals surface area (Å²) in [5.41, 5.74) is 7.49. The van der Waals surface area contributed by atoms with Gasteiger partial charge in [0.25, 0.3) is 0 Å². The number of oxazole rings is 1. The Balaban J connectivity index is 1.12. The molecule has 1 atom stereocenters. The first-order chi connectivity index (χ1) is 21.8. The van der Waals surface area contributed by atoms with Crippen LogP contribution in [0.4, 0.5) is 0 Å². The van der Waals surface area contributed by atoms with Crippen LogP contribution in [-0.2, 0) is 0 Å². The fourth-order valence-electron chi connectivity index (χ4n) is 6.18. The number of benzene rings is 4. The van der Waals surface area contributed by atoms with Crippen LogP contribution < -0.4 is 0 Å². The lowest BCUT2D eigenvalue weighted by Crippen LogP contribution is -2.12. The molecular formula is C38H24N4O2. The van der Waals surface area contributed by atoms with E-state index in [1.54, 1.807) is 0 Å². The molecule has 2 aliphatic carbocycles. The Bertz CT molecular complexity index is 2250. The zero-order valence-electron chi connectivity index (χ0n) is 23.5. The SMILES string of the molecule is C1=Cc2oc(-c3cccc4c3oc3ccccc34)nc2C2CC(c3nc(-c4ccccc4)nc(-c4ccccc4)n3)=CC=C12. The lowest BCUT2D eigenvalue weighted by atomic mass is 9.81. The first kappa shape index (κ1) is 24.7. The number of hydrogen-bond donors (Lipinski definition) is 0. The second-order valence-electron chi connectivity index (χ2n) is 11.0. The molecule has 2 aliphatic rings. The zero-order valence-corrected chi connectivity index (χ0v) is 23.5. The Labute approximate surface area is 252 Å². The van der Waals surface area contributed by atoms with E-state index in [-0.39, 0.29) is 5.92 Å². The molecule has 208 valence electrons. The topological polar surface area (TPSA) is 77.8 Å². The molecule has 6 heteroatoms. The second kappa shape index (κ2) is 9.85. The number of allylic oxidation sites excluding steroid dienone is 5. The van der Waals surface area contributed by atoms with Gasteiger partial charge < -0.3 is 8.83 Å². The Kier molecular flexibility index (Phi) is 5.53. The van der Waals surface area contributed by atoms with Crippen molar-refractivity contribution < 1.29 is 8.83 Å². The van der Waals surface area contributed by atoms with Crippen LogP contribution in [0.2, 0.25) is 0 Å². The average molecular weight is 569 g/mol. The predicted octanol–water partition coefficient (Wildman–Crippen LogP) is 9.28. The Morgan fingerprint density at radius 1 is 0.568 bits per heavy atom. The summed E-state index contributed by atoms with van der Waals surface area (Å²) in [6, 6.07) is 34.3. The molecule has 3 aromatic heterocycles. The largest absolute Gasteiger partial charge is 0.455 e. The lowest BCUT2D eigenvalue weighted by molar-refractivity contribution is 0.557. The van der Waals surface area contributed by atoms with Crippen LogP contribution in [0.1, 0.15) is 29.6 Å². The molecule has 0 saturated carbocycles. The van der Waals surface area contributed by atoms with Crippen molar-refractivity contribution in [2.24, 2.45) is 0 Å². The highest BCUT2D eigenvalue weighted by atomic mass is 16.4. The molecule has 0 N–H and O–H groups in total. The van der Waals surface area contributed by atoms with E-state index < -0.39 is 0 Å². The van der Waals surface area contributed by atoms with E-state index in [0.29, 0.717) is 29.8 Å². The van der Waals surface area contributed by atoms with E-state index >= 15 is 0 Å². The molecule has 0 amide bonds. The zero-order chi connectivity index (χ0) is 29.0. The summed E-state index contributed by atoms with van der Waals surface area (Å²) in [7, 11) is 0. The number of furan rings is 1. The molecule has 44 heavy (non-hydrogen) atoms. The van der Waals surface area contributed by atoms with E-state index in [0.717, 1.165) is 55.7 Å². The minimum absolute atomic E-state index is 0.0134. The fraction of sp³-hybridized carbons (Fsp3) is 0.0526. The van der Waals surface area contributed by atoms with Gasteiger partial charge in [0, 0.05) is 27.8 Å². The molecule has 0 fully saturated rings. The van der Waals surface area contributed by atoms with E-state index in [1.165, 1.54) is 5.57 Å². The number of aromatic nitrogens is 4. The summed E-state index contributed by atoms with van der Waals surface area (Å²) in [6.45, 7) is 0. The van der Waals surface area contributed by atoms with Crippen LogP contribution >= 0.6 is 0 Å².